The van der Waals surface area contributed by atoms with Gasteiger partial charge >= 0.3 is 5.97 Å². The van der Waals surface area contributed by atoms with Gasteiger partial charge in [0.1, 0.15) is 14.9 Å². The Hall–Kier alpha value is -2.51. The van der Waals surface area contributed by atoms with Crippen LogP contribution in [-0.2, 0) is 20.0 Å². The Morgan fingerprint density at radius 2 is 1.56 bits per heavy atom. The number of benzene rings is 2. The standard InChI is InChI=1S/C18H14Cl2N2O7S3/c1-29-10-4-5-11(18(23)24)16(7-10)31(25,26)21-14-8-12(19)13(20)9-15(14)22-32(27,28)17-3-2-6-30-17/h2-9,21-22H,1H3,(H,23,24). The number of nitrogens with one attached hydrogen (secondary N) is 2. The van der Waals surface area contributed by atoms with Gasteiger partial charge in [-0.2, -0.15) is 0 Å². The van der Waals surface area contributed by atoms with Crippen LogP contribution in [0.5, 0.6) is 5.75 Å². The van der Waals surface area contributed by atoms with Crippen molar-refractivity contribution in [2.75, 3.05) is 16.6 Å². The monoisotopic (exact) mass is 536 g/mol. The van der Waals surface area contributed by atoms with E-state index in [1.54, 1.807) is 5.38 Å². The highest BCUT2D eigenvalue weighted by atomic mass is 35.5. The van der Waals surface area contributed by atoms with Gasteiger partial charge in [-0.3, -0.25) is 9.44 Å². The van der Waals surface area contributed by atoms with Crippen molar-refractivity contribution in [1.29, 1.82) is 0 Å². The fraction of sp³-hybridized carbons (Fsp3) is 0.0556. The summed E-state index contributed by atoms with van der Waals surface area (Å²) in [4.78, 5) is 10.9. The average Bonchev–Trinajstić information content (AvgIpc) is 3.27. The minimum Gasteiger partial charge on any atom is -0.497 e. The van der Waals surface area contributed by atoms with Crippen molar-refractivity contribution in [3.63, 3.8) is 0 Å². The molecule has 3 N–H and O–H groups in total. The van der Waals surface area contributed by atoms with Crippen molar-refractivity contribution in [1.82, 2.24) is 0 Å². The predicted molar refractivity (Wildman–Crippen MR) is 122 cm³/mol. The Bertz CT molecular complexity index is 1390. The Labute approximate surface area is 197 Å². The minimum atomic E-state index is -4.53. The molecule has 0 saturated carbocycles. The second-order valence-electron chi connectivity index (χ2n) is 6.12. The third-order valence-corrected chi connectivity index (χ3v) is 8.91. The number of aromatic carboxylic acids is 1. The SMILES string of the molecule is COc1ccc(C(=O)O)c(S(=O)(=O)Nc2cc(Cl)c(Cl)cc2NS(=O)(=O)c2cccs2)c1. The van der Waals surface area contributed by atoms with Gasteiger partial charge in [0.15, 0.2) is 0 Å². The summed E-state index contributed by atoms with van der Waals surface area (Å²) in [6.07, 6.45) is 0. The summed E-state index contributed by atoms with van der Waals surface area (Å²) in [5.41, 5.74) is -0.992. The molecular weight excluding hydrogens is 523 g/mol. The van der Waals surface area contributed by atoms with Crippen LogP contribution in [0.2, 0.25) is 10.0 Å². The lowest BCUT2D eigenvalue weighted by atomic mass is 10.2. The number of rotatable bonds is 8. The number of thiophene rings is 1. The van der Waals surface area contributed by atoms with Gasteiger partial charge in [-0.1, -0.05) is 29.3 Å². The minimum absolute atomic E-state index is 0.0154. The summed E-state index contributed by atoms with van der Waals surface area (Å²) >= 11 is 13.0. The molecule has 0 spiro atoms. The molecule has 0 radical (unpaired) electrons. The highest BCUT2D eigenvalue weighted by molar-refractivity contribution is 7.94. The highest BCUT2D eigenvalue weighted by Gasteiger charge is 2.26. The van der Waals surface area contributed by atoms with Crippen LogP contribution >= 0.6 is 34.5 Å². The molecule has 1 aromatic heterocycles. The quantitative estimate of drug-likeness (QED) is 0.388. The second kappa shape index (κ2) is 9.16. The molecule has 0 amide bonds. The van der Waals surface area contributed by atoms with Crippen LogP contribution in [0.15, 0.2) is 56.9 Å². The number of sulfonamides is 2. The summed E-state index contributed by atoms with van der Waals surface area (Å²) in [7, 11) is -7.30. The van der Waals surface area contributed by atoms with Crippen molar-refractivity contribution >= 4 is 71.9 Å². The van der Waals surface area contributed by atoms with E-state index in [1.165, 1.54) is 25.3 Å². The van der Waals surface area contributed by atoms with Gasteiger partial charge in [-0.25, -0.2) is 21.6 Å². The maximum absolute atomic E-state index is 13.1. The van der Waals surface area contributed by atoms with Crippen LogP contribution in [0.1, 0.15) is 10.4 Å². The molecular formula is C18H14Cl2N2O7S3. The predicted octanol–water partition coefficient (Wildman–Crippen LogP) is 4.36. The summed E-state index contributed by atoms with van der Waals surface area (Å²) in [5.74, 6) is -1.39. The molecule has 9 nitrogen and oxygen atoms in total. The molecule has 170 valence electrons. The van der Waals surface area contributed by atoms with E-state index in [1.807, 2.05) is 0 Å². The zero-order chi connectivity index (χ0) is 23.7. The number of hydrogen-bond acceptors (Lipinski definition) is 7. The van der Waals surface area contributed by atoms with E-state index in [2.05, 4.69) is 9.44 Å². The molecule has 0 aliphatic heterocycles. The topological polar surface area (TPSA) is 139 Å². The van der Waals surface area contributed by atoms with Gasteiger partial charge < -0.3 is 9.84 Å². The second-order valence-corrected chi connectivity index (χ2v) is 11.4. The Morgan fingerprint density at radius 3 is 2.06 bits per heavy atom. The van der Waals surface area contributed by atoms with Crippen molar-refractivity contribution in [2.45, 2.75) is 9.10 Å². The Balaban J connectivity index is 2.09. The van der Waals surface area contributed by atoms with Gasteiger partial charge in [0.25, 0.3) is 20.0 Å². The number of halogens is 2. The van der Waals surface area contributed by atoms with E-state index in [-0.39, 0.29) is 31.4 Å². The van der Waals surface area contributed by atoms with Crippen molar-refractivity contribution in [3.8, 4) is 5.75 Å². The van der Waals surface area contributed by atoms with Crippen molar-refractivity contribution in [2.24, 2.45) is 0 Å². The maximum atomic E-state index is 13.1. The smallest absolute Gasteiger partial charge is 0.337 e. The molecule has 0 fully saturated rings. The Kier molecular flexibility index (Phi) is 6.91. The lowest BCUT2D eigenvalue weighted by molar-refractivity contribution is 0.0692. The van der Waals surface area contributed by atoms with Crippen molar-refractivity contribution in [3.05, 3.63) is 63.5 Å². The first kappa shape index (κ1) is 24.1. The molecule has 2 aromatic carbocycles. The summed E-state index contributed by atoms with van der Waals surface area (Å²) in [5, 5.41) is 10.9. The molecule has 32 heavy (non-hydrogen) atoms. The first-order valence-electron chi connectivity index (χ1n) is 8.44. The number of methoxy groups -OCH3 is 1. The maximum Gasteiger partial charge on any atom is 0.337 e. The first-order valence-corrected chi connectivity index (χ1v) is 13.0. The van der Waals surface area contributed by atoms with Gasteiger partial charge in [0.2, 0.25) is 0 Å². The number of anilines is 2. The summed E-state index contributed by atoms with van der Waals surface area (Å²) in [6.45, 7) is 0. The number of ether oxygens (including phenoxy) is 1. The van der Waals surface area contributed by atoms with Crippen LogP contribution in [0, 0.1) is 0 Å². The normalized spacial score (nSPS) is 11.7. The van der Waals surface area contributed by atoms with E-state index >= 15 is 0 Å². The van der Waals surface area contributed by atoms with Gasteiger partial charge in [0, 0.05) is 6.07 Å². The lowest BCUT2D eigenvalue weighted by Crippen LogP contribution is -2.19. The van der Waals surface area contributed by atoms with E-state index in [4.69, 9.17) is 27.9 Å². The van der Waals surface area contributed by atoms with Gasteiger partial charge in [-0.05, 0) is 35.7 Å². The van der Waals surface area contributed by atoms with Gasteiger partial charge in [0.05, 0.1) is 34.1 Å². The molecule has 0 atom stereocenters. The number of carboxylic acid groups (broad SMARTS) is 1. The Morgan fingerprint density at radius 1 is 0.969 bits per heavy atom. The third-order valence-electron chi connectivity index (χ3n) is 4.02. The zero-order valence-corrected chi connectivity index (χ0v) is 20.0. The fourth-order valence-corrected chi connectivity index (χ4v) is 6.23. The first-order chi connectivity index (χ1) is 14.9. The van der Waals surface area contributed by atoms with Crippen LogP contribution in [-0.4, -0.2) is 35.0 Å². The molecule has 1 heterocycles. The molecule has 0 aliphatic carbocycles. The molecule has 14 heteroatoms. The molecule has 0 bridgehead atoms. The molecule has 3 rings (SSSR count). The van der Waals surface area contributed by atoms with Crippen LogP contribution in [0.25, 0.3) is 0 Å². The fourth-order valence-electron chi connectivity index (χ4n) is 2.56. The summed E-state index contributed by atoms with van der Waals surface area (Å²) < 4.78 is 60.8. The molecule has 0 saturated heterocycles. The highest BCUT2D eigenvalue weighted by Crippen LogP contribution is 2.36. The van der Waals surface area contributed by atoms with Crippen LogP contribution in [0.3, 0.4) is 0 Å². The lowest BCUT2D eigenvalue weighted by Gasteiger charge is -2.16. The van der Waals surface area contributed by atoms with E-state index < -0.39 is 36.5 Å². The average molecular weight is 537 g/mol. The van der Waals surface area contributed by atoms with E-state index in [9.17, 15) is 26.7 Å². The van der Waals surface area contributed by atoms with Crippen LogP contribution < -0.4 is 14.2 Å². The number of carboxylic acids is 1. The van der Waals surface area contributed by atoms with E-state index in [0.29, 0.717) is 0 Å². The molecule has 0 unspecified atom stereocenters. The van der Waals surface area contributed by atoms with Crippen LogP contribution in [0.4, 0.5) is 11.4 Å². The largest absolute Gasteiger partial charge is 0.497 e. The molecule has 0 aliphatic rings. The summed E-state index contributed by atoms with van der Waals surface area (Å²) in [6, 6.07) is 8.54. The zero-order valence-electron chi connectivity index (χ0n) is 16.0. The van der Waals surface area contributed by atoms with E-state index in [0.717, 1.165) is 35.6 Å². The number of hydrogen-bond donors (Lipinski definition) is 3. The van der Waals surface area contributed by atoms with Gasteiger partial charge in [-0.15, -0.1) is 11.3 Å². The molecule has 3 aromatic rings. The van der Waals surface area contributed by atoms with Crippen molar-refractivity contribution < 1.29 is 31.5 Å². The number of carbonyl (C=O) groups is 1. The third kappa shape index (κ3) is 5.10.